The molecule has 3 atom stereocenters. The fourth-order valence-corrected chi connectivity index (χ4v) is 3.59. The van der Waals surface area contributed by atoms with Gasteiger partial charge < -0.3 is 14.6 Å². The number of likely N-dealkylation sites (tertiary alicyclic amines) is 1. The van der Waals surface area contributed by atoms with Crippen LogP contribution in [0.2, 0.25) is 0 Å². The number of carbonyl (C=O) groups is 3. The van der Waals surface area contributed by atoms with Crippen molar-refractivity contribution >= 4 is 18.0 Å². The second-order valence-corrected chi connectivity index (χ2v) is 8.51. The van der Waals surface area contributed by atoms with E-state index in [2.05, 4.69) is 0 Å². The third kappa shape index (κ3) is 5.49. The van der Waals surface area contributed by atoms with Gasteiger partial charge in [-0.3, -0.25) is 4.79 Å². The zero-order chi connectivity index (χ0) is 22.6. The van der Waals surface area contributed by atoms with Crippen LogP contribution in [-0.4, -0.2) is 39.6 Å². The highest BCUT2D eigenvalue weighted by Gasteiger charge is 2.52. The number of aliphatic hydroxyl groups is 1. The number of esters is 1. The Bertz CT molecular complexity index is 922. The van der Waals surface area contributed by atoms with Crippen LogP contribution in [0.15, 0.2) is 60.7 Å². The summed E-state index contributed by atoms with van der Waals surface area (Å²) < 4.78 is 10.8. The van der Waals surface area contributed by atoms with Crippen LogP contribution in [0, 0.1) is 5.92 Å². The number of hydrogen-bond acceptors (Lipinski definition) is 6. The van der Waals surface area contributed by atoms with Crippen molar-refractivity contribution in [2.75, 3.05) is 0 Å². The summed E-state index contributed by atoms with van der Waals surface area (Å²) in [6.07, 6.45) is -2.25. The molecule has 7 heteroatoms. The Morgan fingerprint density at radius 1 is 1.06 bits per heavy atom. The van der Waals surface area contributed by atoms with Crippen LogP contribution >= 0.6 is 0 Å². The van der Waals surface area contributed by atoms with Gasteiger partial charge >= 0.3 is 12.1 Å². The Labute approximate surface area is 181 Å². The predicted octanol–water partition coefficient (Wildman–Crippen LogP) is 3.62. The Morgan fingerprint density at radius 3 is 2.23 bits per heavy atom. The summed E-state index contributed by atoms with van der Waals surface area (Å²) in [6, 6.07) is 16.4. The lowest BCUT2D eigenvalue weighted by Gasteiger charge is -2.30. The summed E-state index contributed by atoms with van der Waals surface area (Å²) in [5, 5.41) is 10.9. The van der Waals surface area contributed by atoms with Gasteiger partial charge in [-0.2, -0.15) is 0 Å². The quantitative estimate of drug-likeness (QED) is 0.736. The van der Waals surface area contributed by atoms with Crippen LogP contribution in [0.1, 0.15) is 44.4 Å². The fraction of sp³-hybridized carbons (Fsp3) is 0.375. The number of aliphatic hydroxyl groups excluding tert-OH is 1. The van der Waals surface area contributed by atoms with Crippen LogP contribution in [0.25, 0.3) is 0 Å². The van der Waals surface area contributed by atoms with Gasteiger partial charge in [-0.05, 0) is 31.9 Å². The van der Waals surface area contributed by atoms with Crippen molar-refractivity contribution in [3.8, 4) is 0 Å². The Hall–Kier alpha value is -3.19. The maximum atomic E-state index is 13.0. The highest BCUT2D eigenvalue weighted by atomic mass is 16.6. The lowest BCUT2D eigenvalue weighted by atomic mass is 9.89. The molecule has 3 rings (SSSR count). The van der Waals surface area contributed by atoms with Gasteiger partial charge in [-0.25, -0.2) is 14.5 Å². The molecule has 1 saturated heterocycles. The Kier molecular flexibility index (Phi) is 6.75. The van der Waals surface area contributed by atoms with Crippen molar-refractivity contribution in [3.05, 3.63) is 71.8 Å². The first-order chi connectivity index (χ1) is 14.7. The zero-order valence-corrected chi connectivity index (χ0v) is 17.9. The molecule has 0 spiro atoms. The van der Waals surface area contributed by atoms with Gasteiger partial charge in [0.25, 0.3) is 0 Å². The van der Waals surface area contributed by atoms with Gasteiger partial charge in [0, 0.05) is 12.3 Å². The molecule has 1 aliphatic rings. The lowest BCUT2D eigenvalue weighted by Crippen LogP contribution is -2.48. The van der Waals surface area contributed by atoms with Crippen molar-refractivity contribution in [1.29, 1.82) is 0 Å². The molecule has 2 aromatic carbocycles. The molecule has 2 aromatic rings. The maximum Gasteiger partial charge on any atom is 0.417 e. The molecule has 0 aliphatic carbocycles. The summed E-state index contributed by atoms with van der Waals surface area (Å²) in [5.74, 6) is -2.20. The first-order valence-electron chi connectivity index (χ1n) is 10.2. The van der Waals surface area contributed by atoms with Gasteiger partial charge in [0.2, 0.25) is 5.91 Å². The number of ether oxygens (including phenoxy) is 2. The molecule has 31 heavy (non-hydrogen) atoms. The third-order valence-electron chi connectivity index (χ3n) is 4.96. The number of imide groups is 1. The van der Waals surface area contributed by atoms with Gasteiger partial charge in [-0.15, -0.1) is 0 Å². The van der Waals surface area contributed by atoms with Crippen molar-refractivity contribution in [1.82, 2.24) is 4.90 Å². The molecule has 7 nitrogen and oxygen atoms in total. The van der Waals surface area contributed by atoms with E-state index in [0.29, 0.717) is 5.56 Å². The highest BCUT2D eigenvalue weighted by Crippen LogP contribution is 2.37. The predicted molar refractivity (Wildman–Crippen MR) is 113 cm³/mol. The standard InChI is InChI=1S/C24H27NO6/c1-24(2,3)31-22(28)20-18(21(27)17-12-8-5-9-13-17)14-19(26)25(20)23(29)30-15-16-10-6-4-7-11-16/h4-13,18,20-21,27H,14-15H2,1-3H3/t18-,20+,21?/m1/s1. The molecule has 2 amide bonds. The molecular weight excluding hydrogens is 398 g/mol. The number of nitrogens with zero attached hydrogens (tertiary/aromatic N) is 1. The molecule has 164 valence electrons. The van der Waals surface area contributed by atoms with Crippen LogP contribution in [0.5, 0.6) is 0 Å². The fourth-order valence-electron chi connectivity index (χ4n) is 3.59. The lowest BCUT2D eigenvalue weighted by molar-refractivity contribution is -0.163. The number of rotatable bonds is 5. The molecule has 0 saturated carbocycles. The van der Waals surface area contributed by atoms with Gasteiger partial charge in [0.05, 0.1) is 6.10 Å². The monoisotopic (exact) mass is 425 g/mol. The summed E-state index contributed by atoms with van der Waals surface area (Å²) in [6.45, 7) is 5.05. The topological polar surface area (TPSA) is 93.1 Å². The number of amides is 2. The summed E-state index contributed by atoms with van der Waals surface area (Å²) in [4.78, 5) is 39.4. The Morgan fingerprint density at radius 2 is 1.65 bits per heavy atom. The van der Waals surface area contributed by atoms with Crippen LogP contribution < -0.4 is 0 Å². The number of carbonyl (C=O) groups excluding carboxylic acids is 3. The van der Waals surface area contributed by atoms with E-state index >= 15 is 0 Å². The molecule has 1 aliphatic heterocycles. The second kappa shape index (κ2) is 9.31. The smallest absolute Gasteiger partial charge is 0.417 e. The molecule has 1 N–H and O–H groups in total. The van der Waals surface area contributed by atoms with E-state index in [0.717, 1.165) is 10.5 Å². The number of hydrogen-bond donors (Lipinski definition) is 1. The van der Waals surface area contributed by atoms with Crippen molar-refractivity contribution in [3.63, 3.8) is 0 Å². The van der Waals surface area contributed by atoms with E-state index in [-0.39, 0.29) is 13.0 Å². The Balaban J connectivity index is 1.85. The highest BCUT2D eigenvalue weighted by molar-refractivity contribution is 6.00. The van der Waals surface area contributed by atoms with E-state index in [1.165, 1.54) is 0 Å². The van der Waals surface area contributed by atoms with E-state index in [9.17, 15) is 19.5 Å². The maximum absolute atomic E-state index is 13.0. The third-order valence-corrected chi connectivity index (χ3v) is 4.96. The van der Waals surface area contributed by atoms with Crippen LogP contribution in [-0.2, 0) is 25.7 Å². The van der Waals surface area contributed by atoms with Crippen molar-refractivity contribution in [2.24, 2.45) is 5.92 Å². The van der Waals surface area contributed by atoms with Crippen LogP contribution in [0.3, 0.4) is 0 Å². The molecule has 0 bridgehead atoms. The minimum atomic E-state index is -1.29. The van der Waals surface area contributed by atoms with Gasteiger partial charge in [0.15, 0.2) is 0 Å². The molecule has 0 radical (unpaired) electrons. The van der Waals surface area contributed by atoms with Crippen molar-refractivity contribution in [2.45, 2.75) is 51.5 Å². The number of benzene rings is 2. The SMILES string of the molecule is CC(C)(C)OC(=O)[C@@H]1[C@H](C(O)c2ccccc2)CC(=O)N1C(=O)OCc1ccccc1. The van der Waals surface area contributed by atoms with E-state index in [4.69, 9.17) is 9.47 Å². The average Bonchev–Trinajstić information content (AvgIpc) is 3.09. The molecule has 0 aromatic heterocycles. The molecular formula is C24H27NO6. The van der Waals surface area contributed by atoms with Gasteiger partial charge in [0.1, 0.15) is 18.2 Å². The average molecular weight is 425 g/mol. The summed E-state index contributed by atoms with van der Waals surface area (Å²) in [7, 11) is 0. The largest absolute Gasteiger partial charge is 0.458 e. The first kappa shape index (κ1) is 22.5. The first-order valence-corrected chi connectivity index (χ1v) is 10.2. The minimum absolute atomic E-state index is 0.0452. The van der Waals surface area contributed by atoms with E-state index < -0.39 is 41.6 Å². The van der Waals surface area contributed by atoms with E-state index in [1.54, 1.807) is 75.4 Å². The van der Waals surface area contributed by atoms with Gasteiger partial charge in [-0.1, -0.05) is 60.7 Å². The normalized spacial score (nSPS) is 19.7. The molecule has 1 unspecified atom stereocenters. The van der Waals surface area contributed by atoms with Crippen LogP contribution in [0.4, 0.5) is 4.79 Å². The molecule has 1 fully saturated rings. The zero-order valence-electron chi connectivity index (χ0n) is 17.9. The minimum Gasteiger partial charge on any atom is -0.458 e. The van der Waals surface area contributed by atoms with Crippen molar-refractivity contribution < 1.29 is 29.0 Å². The summed E-state index contributed by atoms with van der Waals surface area (Å²) in [5.41, 5.74) is 0.468. The summed E-state index contributed by atoms with van der Waals surface area (Å²) >= 11 is 0. The van der Waals surface area contributed by atoms with E-state index in [1.807, 2.05) is 6.07 Å². The second-order valence-electron chi connectivity index (χ2n) is 8.51. The molecule has 1 heterocycles.